The second-order valence-electron chi connectivity index (χ2n) is 6.12. The smallest absolute Gasteiger partial charge is 0.226 e. The van der Waals surface area contributed by atoms with Crippen molar-refractivity contribution < 1.29 is 9.32 Å². The number of nitrogens with zero attached hydrogens (tertiary/aromatic N) is 2. The van der Waals surface area contributed by atoms with Crippen LogP contribution in [0.25, 0.3) is 0 Å². The number of benzene rings is 1. The molecule has 0 fully saturated rings. The molecule has 0 aliphatic rings. The fraction of sp³-hybridized carbons (Fsp3) is 0.500. The summed E-state index contributed by atoms with van der Waals surface area (Å²) in [4.78, 5) is 17.6. The van der Waals surface area contributed by atoms with E-state index in [1.807, 2.05) is 27.0 Å². The van der Waals surface area contributed by atoms with E-state index in [0.717, 1.165) is 11.4 Å². The molecule has 0 aliphatic carbocycles. The molecule has 0 bridgehead atoms. The third kappa shape index (κ3) is 5.37. The number of aryl methyl sites for hydroxylation is 1. The van der Waals surface area contributed by atoms with Crippen LogP contribution in [0.3, 0.4) is 0 Å². The number of hydrogen-bond donors (Lipinski definition) is 1. The second-order valence-corrected chi connectivity index (χ2v) is 7.00. The highest BCUT2D eigenvalue weighted by Crippen LogP contribution is 2.19. The molecule has 130 valence electrons. The van der Waals surface area contributed by atoms with Crippen molar-refractivity contribution in [3.05, 3.63) is 41.5 Å². The Morgan fingerprint density at radius 3 is 2.54 bits per heavy atom. The minimum Gasteiger partial charge on any atom is -0.350 e. The fourth-order valence-corrected chi connectivity index (χ4v) is 2.70. The number of aromatic nitrogens is 2. The van der Waals surface area contributed by atoms with Gasteiger partial charge in [0.05, 0.1) is 6.04 Å². The van der Waals surface area contributed by atoms with E-state index in [2.05, 4.69) is 39.7 Å². The van der Waals surface area contributed by atoms with Crippen molar-refractivity contribution in [1.82, 2.24) is 15.5 Å². The minimum absolute atomic E-state index is 0.00403. The van der Waals surface area contributed by atoms with Crippen molar-refractivity contribution in [2.45, 2.75) is 56.9 Å². The summed E-state index contributed by atoms with van der Waals surface area (Å²) in [5.41, 5.74) is 1.11. The Labute approximate surface area is 147 Å². The molecule has 1 atom stereocenters. The average molecular weight is 347 g/mol. The molecule has 5 nitrogen and oxygen atoms in total. The van der Waals surface area contributed by atoms with Gasteiger partial charge in [0.2, 0.25) is 11.8 Å². The summed E-state index contributed by atoms with van der Waals surface area (Å²) in [6, 6.07) is 8.27. The SMILES string of the molecule is CSc1ccc(C(C)NC(=O)CCCc2nc(C(C)C)no2)cc1. The predicted octanol–water partition coefficient (Wildman–Crippen LogP) is 4.12. The van der Waals surface area contributed by atoms with E-state index in [9.17, 15) is 4.79 Å². The van der Waals surface area contributed by atoms with Crippen molar-refractivity contribution in [2.24, 2.45) is 0 Å². The molecule has 2 rings (SSSR count). The summed E-state index contributed by atoms with van der Waals surface area (Å²) in [5, 5.41) is 6.96. The molecule has 1 aromatic heterocycles. The summed E-state index contributed by atoms with van der Waals surface area (Å²) in [6.45, 7) is 6.04. The molecule has 1 N–H and O–H groups in total. The minimum atomic E-state index is 0.00403. The summed E-state index contributed by atoms with van der Waals surface area (Å²) < 4.78 is 5.19. The van der Waals surface area contributed by atoms with Crippen LogP contribution in [-0.2, 0) is 11.2 Å². The quantitative estimate of drug-likeness (QED) is 0.728. The van der Waals surface area contributed by atoms with Crippen LogP contribution < -0.4 is 5.32 Å². The van der Waals surface area contributed by atoms with Gasteiger partial charge in [-0.15, -0.1) is 11.8 Å². The molecular weight excluding hydrogens is 322 g/mol. The van der Waals surface area contributed by atoms with Gasteiger partial charge in [0.15, 0.2) is 5.82 Å². The average Bonchev–Trinajstić information content (AvgIpc) is 3.04. The Kier molecular flexibility index (Phi) is 6.85. The molecule has 1 unspecified atom stereocenters. The van der Waals surface area contributed by atoms with Crippen molar-refractivity contribution in [3.8, 4) is 0 Å². The van der Waals surface area contributed by atoms with Crippen LogP contribution in [0.5, 0.6) is 0 Å². The molecule has 24 heavy (non-hydrogen) atoms. The van der Waals surface area contributed by atoms with Crippen molar-refractivity contribution in [1.29, 1.82) is 0 Å². The zero-order valence-corrected chi connectivity index (χ0v) is 15.5. The standard InChI is InChI=1S/C18H25N3O2S/c1-12(2)18-20-17(23-21-18)7-5-6-16(22)19-13(3)14-8-10-15(24-4)11-9-14/h8-13H,5-7H2,1-4H3,(H,19,22). The Balaban J connectivity index is 1.75. The molecule has 1 heterocycles. The van der Waals surface area contributed by atoms with Crippen molar-refractivity contribution in [3.63, 3.8) is 0 Å². The maximum absolute atomic E-state index is 12.1. The molecule has 6 heteroatoms. The van der Waals surface area contributed by atoms with Gasteiger partial charge in [0.1, 0.15) is 0 Å². The second kappa shape index (κ2) is 8.87. The maximum atomic E-state index is 12.1. The van der Waals surface area contributed by atoms with E-state index in [1.165, 1.54) is 4.90 Å². The highest BCUT2D eigenvalue weighted by molar-refractivity contribution is 7.98. The Morgan fingerprint density at radius 2 is 1.96 bits per heavy atom. The third-order valence-corrected chi connectivity index (χ3v) is 4.53. The van der Waals surface area contributed by atoms with Crippen LogP contribution in [0.15, 0.2) is 33.7 Å². The van der Waals surface area contributed by atoms with Gasteiger partial charge in [-0.3, -0.25) is 4.79 Å². The molecule has 0 saturated carbocycles. The van der Waals surface area contributed by atoms with Crippen molar-refractivity contribution in [2.75, 3.05) is 6.26 Å². The van der Waals surface area contributed by atoms with E-state index in [-0.39, 0.29) is 17.9 Å². The summed E-state index contributed by atoms with van der Waals surface area (Å²) in [5.74, 6) is 1.62. The number of carbonyl (C=O) groups excluding carboxylic acids is 1. The van der Waals surface area contributed by atoms with Gasteiger partial charge in [-0.1, -0.05) is 31.1 Å². The molecule has 0 aliphatic heterocycles. The van der Waals surface area contributed by atoms with Crippen molar-refractivity contribution >= 4 is 17.7 Å². The Bertz CT molecular complexity index is 653. The lowest BCUT2D eigenvalue weighted by atomic mass is 10.1. The van der Waals surface area contributed by atoms with Crippen LogP contribution in [0, 0.1) is 0 Å². The molecule has 2 aromatic rings. The number of hydrogen-bond acceptors (Lipinski definition) is 5. The number of amides is 1. The van der Waals surface area contributed by atoms with E-state index in [4.69, 9.17) is 4.52 Å². The van der Waals surface area contributed by atoms with Crippen LogP contribution in [0.1, 0.15) is 62.9 Å². The summed E-state index contributed by atoms with van der Waals surface area (Å²) >= 11 is 1.71. The van der Waals surface area contributed by atoms with Crippen LogP contribution in [0.4, 0.5) is 0 Å². The van der Waals surface area contributed by atoms with E-state index >= 15 is 0 Å². The number of rotatable bonds is 8. The highest BCUT2D eigenvalue weighted by atomic mass is 32.2. The van der Waals surface area contributed by atoms with Gasteiger partial charge in [-0.05, 0) is 37.3 Å². The molecule has 0 radical (unpaired) electrons. The Hall–Kier alpha value is -1.82. The monoisotopic (exact) mass is 347 g/mol. The van der Waals surface area contributed by atoms with Gasteiger partial charge in [-0.25, -0.2) is 0 Å². The first-order valence-corrected chi connectivity index (χ1v) is 9.48. The van der Waals surface area contributed by atoms with Crippen LogP contribution >= 0.6 is 11.8 Å². The number of carbonyl (C=O) groups is 1. The molecule has 1 amide bonds. The van der Waals surface area contributed by atoms with Crippen LogP contribution in [0.2, 0.25) is 0 Å². The highest BCUT2D eigenvalue weighted by Gasteiger charge is 2.12. The summed E-state index contributed by atoms with van der Waals surface area (Å²) in [7, 11) is 0. The van der Waals surface area contributed by atoms with Gasteiger partial charge in [0.25, 0.3) is 0 Å². The molecule has 0 saturated heterocycles. The first kappa shape index (κ1) is 18.5. The molecule has 0 spiro atoms. The first-order chi connectivity index (χ1) is 11.5. The van der Waals surface area contributed by atoms with Gasteiger partial charge >= 0.3 is 0 Å². The normalized spacial score (nSPS) is 12.4. The number of nitrogens with one attached hydrogen (secondary N) is 1. The fourth-order valence-electron chi connectivity index (χ4n) is 2.29. The first-order valence-electron chi connectivity index (χ1n) is 8.25. The summed E-state index contributed by atoms with van der Waals surface area (Å²) in [6.07, 6.45) is 3.83. The van der Waals surface area contributed by atoms with Gasteiger partial charge < -0.3 is 9.84 Å². The largest absolute Gasteiger partial charge is 0.350 e. The zero-order valence-electron chi connectivity index (χ0n) is 14.7. The third-order valence-electron chi connectivity index (χ3n) is 3.79. The zero-order chi connectivity index (χ0) is 17.5. The number of thioether (sulfide) groups is 1. The molecular formula is C18H25N3O2S. The lowest BCUT2D eigenvalue weighted by molar-refractivity contribution is -0.121. The maximum Gasteiger partial charge on any atom is 0.226 e. The molecule has 1 aromatic carbocycles. The van der Waals surface area contributed by atoms with E-state index in [0.29, 0.717) is 25.2 Å². The van der Waals surface area contributed by atoms with E-state index in [1.54, 1.807) is 11.8 Å². The predicted molar refractivity (Wildman–Crippen MR) is 96.1 cm³/mol. The lowest BCUT2D eigenvalue weighted by Crippen LogP contribution is -2.26. The topological polar surface area (TPSA) is 68.0 Å². The Morgan fingerprint density at radius 1 is 1.25 bits per heavy atom. The lowest BCUT2D eigenvalue weighted by Gasteiger charge is -2.14. The van der Waals surface area contributed by atoms with E-state index < -0.39 is 0 Å². The van der Waals surface area contributed by atoms with Crippen LogP contribution in [-0.4, -0.2) is 22.3 Å². The van der Waals surface area contributed by atoms with Gasteiger partial charge in [-0.2, -0.15) is 4.98 Å². The van der Waals surface area contributed by atoms with Gasteiger partial charge in [0, 0.05) is 23.7 Å².